The molecule has 0 radical (unpaired) electrons. The highest BCUT2D eigenvalue weighted by Crippen LogP contribution is 2.39. The first kappa shape index (κ1) is 35.7. The summed E-state index contributed by atoms with van der Waals surface area (Å²) in [7, 11) is 2.03. The number of fused-ring (bicyclic) bond motifs is 1. The van der Waals surface area contributed by atoms with Crippen LogP contribution in [0.25, 0.3) is 10.9 Å². The Morgan fingerprint density at radius 2 is 1.81 bits per heavy atom. The number of hydrogen-bond acceptors (Lipinski definition) is 7. The van der Waals surface area contributed by atoms with Crippen molar-refractivity contribution < 1.29 is 9.47 Å². The third-order valence-corrected chi connectivity index (χ3v) is 9.52. The predicted molar refractivity (Wildman–Crippen MR) is 199 cm³/mol. The highest BCUT2D eigenvalue weighted by atomic mass is 16.5. The number of aryl methyl sites for hydroxylation is 2. The minimum atomic E-state index is 0.143. The van der Waals surface area contributed by atoms with E-state index < -0.39 is 0 Å². The Morgan fingerprint density at radius 1 is 1.02 bits per heavy atom. The van der Waals surface area contributed by atoms with Crippen LogP contribution in [0.15, 0.2) is 67.6 Å². The molecule has 7 heteroatoms. The predicted octanol–water partition coefficient (Wildman–Crippen LogP) is 10.3. The second kappa shape index (κ2) is 16.6. The third-order valence-electron chi connectivity index (χ3n) is 9.52. The van der Waals surface area contributed by atoms with Crippen LogP contribution in [0.3, 0.4) is 0 Å². The van der Waals surface area contributed by atoms with Gasteiger partial charge in [-0.3, -0.25) is 0 Å². The maximum atomic E-state index is 6.90. The zero-order valence-corrected chi connectivity index (χ0v) is 30.0. The SMILES string of the molecule is C=CN(C)c1ccc(Oc2ccc(Nc3ncnc4ccc(C)c(OC5CCNCC5C(C)CC)c34)cc2C)cc1C(C)CC.CC. The Labute approximate surface area is 282 Å². The Morgan fingerprint density at radius 3 is 2.51 bits per heavy atom. The molecule has 4 atom stereocenters. The van der Waals surface area contributed by atoms with E-state index in [4.69, 9.17) is 14.5 Å². The summed E-state index contributed by atoms with van der Waals surface area (Å²) in [5, 5.41) is 8.06. The number of ether oxygens (including phenoxy) is 2. The largest absolute Gasteiger partial charge is 0.489 e. The molecule has 2 heterocycles. The summed E-state index contributed by atoms with van der Waals surface area (Å²) < 4.78 is 13.3. The zero-order chi connectivity index (χ0) is 34.1. The Hall–Kier alpha value is -4.10. The summed E-state index contributed by atoms with van der Waals surface area (Å²) in [5.74, 6) is 4.67. The van der Waals surface area contributed by atoms with E-state index in [-0.39, 0.29) is 6.10 Å². The first-order chi connectivity index (χ1) is 22.7. The molecule has 2 N–H and O–H groups in total. The van der Waals surface area contributed by atoms with Gasteiger partial charge in [0.25, 0.3) is 0 Å². The lowest BCUT2D eigenvalue weighted by molar-refractivity contribution is 0.0709. The third kappa shape index (κ3) is 8.25. The van der Waals surface area contributed by atoms with Crippen molar-refractivity contribution in [3.63, 3.8) is 0 Å². The topological polar surface area (TPSA) is 71.5 Å². The van der Waals surface area contributed by atoms with Crippen molar-refractivity contribution >= 4 is 28.1 Å². The number of nitrogens with one attached hydrogen (secondary N) is 2. The van der Waals surface area contributed by atoms with Crippen LogP contribution in [-0.4, -0.2) is 36.2 Å². The molecular weight excluding hydrogens is 582 g/mol. The molecule has 5 rings (SSSR count). The fraction of sp³-hybridized carbons (Fsp3) is 0.450. The molecule has 4 aromatic rings. The molecule has 4 unspecified atom stereocenters. The van der Waals surface area contributed by atoms with E-state index in [2.05, 4.69) is 92.9 Å². The van der Waals surface area contributed by atoms with Gasteiger partial charge in [0.2, 0.25) is 0 Å². The van der Waals surface area contributed by atoms with E-state index in [1.165, 1.54) is 5.56 Å². The Kier molecular flexibility index (Phi) is 12.7. The number of piperidine rings is 1. The molecule has 252 valence electrons. The van der Waals surface area contributed by atoms with E-state index in [1.807, 2.05) is 51.4 Å². The molecule has 0 saturated carbocycles. The first-order valence-corrected chi connectivity index (χ1v) is 17.4. The maximum Gasteiger partial charge on any atom is 0.145 e. The maximum absolute atomic E-state index is 6.90. The van der Waals surface area contributed by atoms with Gasteiger partial charge in [-0.2, -0.15) is 0 Å². The molecule has 3 aromatic carbocycles. The van der Waals surface area contributed by atoms with Gasteiger partial charge >= 0.3 is 0 Å². The number of rotatable bonds is 12. The summed E-state index contributed by atoms with van der Waals surface area (Å²) in [6, 6.07) is 16.6. The van der Waals surface area contributed by atoms with Crippen molar-refractivity contribution in [1.29, 1.82) is 0 Å². The van der Waals surface area contributed by atoms with Gasteiger partial charge in [0, 0.05) is 30.9 Å². The van der Waals surface area contributed by atoms with E-state index in [0.717, 1.165) is 88.8 Å². The van der Waals surface area contributed by atoms with Crippen LogP contribution >= 0.6 is 0 Å². The quantitative estimate of drug-likeness (QED) is 0.160. The average Bonchev–Trinajstić information content (AvgIpc) is 3.10. The van der Waals surface area contributed by atoms with Crippen molar-refractivity contribution in [3.05, 3.63) is 84.3 Å². The average molecular weight is 638 g/mol. The van der Waals surface area contributed by atoms with Crippen LogP contribution in [0, 0.1) is 25.7 Å². The molecule has 0 bridgehead atoms. The lowest BCUT2D eigenvalue weighted by atomic mass is 9.83. The molecule has 1 aliphatic heterocycles. The molecular formula is C40H55N5O2. The highest BCUT2D eigenvalue weighted by molar-refractivity contribution is 5.96. The van der Waals surface area contributed by atoms with E-state index in [0.29, 0.717) is 17.8 Å². The summed E-state index contributed by atoms with van der Waals surface area (Å²) >= 11 is 0. The first-order valence-electron chi connectivity index (χ1n) is 17.4. The molecule has 1 saturated heterocycles. The van der Waals surface area contributed by atoms with Crippen molar-refractivity contribution in [2.24, 2.45) is 11.8 Å². The van der Waals surface area contributed by atoms with Crippen LogP contribution in [0.1, 0.15) is 83.4 Å². The summed E-state index contributed by atoms with van der Waals surface area (Å²) in [5.41, 5.74) is 6.29. The Bertz CT molecular complexity index is 1640. The van der Waals surface area contributed by atoms with Gasteiger partial charge in [-0.05, 0) is 110 Å². The van der Waals surface area contributed by atoms with Crippen molar-refractivity contribution in [2.45, 2.75) is 86.7 Å². The van der Waals surface area contributed by atoms with Crippen LogP contribution in [-0.2, 0) is 0 Å². The number of aromatic nitrogens is 2. The molecule has 7 nitrogen and oxygen atoms in total. The molecule has 0 aliphatic carbocycles. The van der Waals surface area contributed by atoms with Gasteiger partial charge in [-0.15, -0.1) is 0 Å². The van der Waals surface area contributed by atoms with Gasteiger partial charge in [-0.1, -0.05) is 60.6 Å². The van der Waals surface area contributed by atoms with Crippen LogP contribution in [0.4, 0.5) is 17.2 Å². The normalized spacial score (nSPS) is 17.2. The van der Waals surface area contributed by atoms with Gasteiger partial charge in [0.05, 0.1) is 10.9 Å². The van der Waals surface area contributed by atoms with Crippen LogP contribution < -0.4 is 25.0 Å². The molecule has 0 amide bonds. The number of anilines is 3. The Balaban J connectivity index is 0.00000245. The highest BCUT2D eigenvalue weighted by Gasteiger charge is 2.31. The molecule has 1 fully saturated rings. The minimum Gasteiger partial charge on any atom is -0.489 e. The van der Waals surface area contributed by atoms with Gasteiger partial charge in [-0.25, -0.2) is 9.97 Å². The van der Waals surface area contributed by atoms with E-state index >= 15 is 0 Å². The smallest absolute Gasteiger partial charge is 0.145 e. The van der Waals surface area contributed by atoms with Gasteiger partial charge in [0.15, 0.2) is 0 Å². The minimum absolute atomic E-state index is 0.143. The van der Waals surface area contributed by atoms with Gasteiger partial charge < -0.3 is 25.0 Å². The number of nitrogens with zero attached hydrogens (tertiary/aromatic N) is 3. The van der Waals surface area contributed by atoms with Crippen LogP contribution in [0.5, 0.6) is 17.2 Å². The summed E-state index contributed by atoms with van der Waals surface area (Å²) in [6.45, 7) is 23.1. The zero-order valence-electron chi connectivity index (χ0n) is 30.0. The summed E-state index contributed by atoms with van der Waals surface area (Å²) in [6.07, 6.45) is 6.75. The lowest BCUT2D eigenvalue weighted by Gasteiger charge is -2.36. The second-order valence-corrected chi connectivity index (χ2v) is 12.6. The fourth-order valence-corrected chi connectivity index (χ4v) is 6.24. The number of benzene rings is 3. The molecule has 1 aliphatic rings. The molecule has 0 spiro atoms. The lowest BCUT2D eigenvalue weighted by Crippen LogP contribution is -2.45. The van der Waals surface area contributed by atoms with Crippen molar-refractivity contribution in [3.8, 4) is 17.2 Å². The fourth-order valence-electron chi connectivity index (χ4n) is 6.24. The summed E-state index contributed by atoms with van der Waals surface area (Å²) in [4.78, 5) is 11.4. The van der Waals surface area contributed by atoms with Crippen LogP contribution in [0.2, 0.25) is 0 Å². The van der Waals surface area contributed by atoms with Crippen molar-refractivity contribution in [1.82, 2.24) is 15.3 Å². The molecule has 1 aromatic heterocycles. The number of hydrogen-bond donors (Lipinski definition) is 2. The monoisotopic (exact) mass is 637 g/mol. The van der Waals surface area contributed by atoms with E-state index in [9.17, 15) is 0 Å². The van der Waals surface area contributed by atoms with Gasteiger partial charge in [0.1, 0.15) is 35.5 Å². The second-order valence-electron chi connectivity index (χ2n) is 12.6. The standard InChI is InChI=1S/C38H49N5O2.C2H6/c1-9-24(4)30-21-29(14-16-33(30)43(8)11-3)44-34-17-13-28(20-27(34)7)42-38-36-32(40-23-41-38)15-12-26(6)37(36)45-35-18-19-39-22-31(35)25(5)10-2;1-2/h11-17,20-21,23-25,31,35,39H,3,9-10,18-19,22H2,1-2,4-8H3,(H,40,41,42);1-2H3. The van der Waals surface area contributed by atoms with Crippen molar-refractivity contribution in [2.75, 3.05) is 30.4 Å². The van der Waals surface area contributed by atoms with E-state index in [1.54, 1.807) is 6.33 Å². The molecule has 47 heavy (non-hydrogen) atoms.